The van der Waals surface area contributed by atoms with Gasteiger partial charge in [0.2, 0.25) is 0 Å². The highest BCUT2D eigenvalue weighted by Crippen LogP contribution is 2.29. The molecule has 1 aromatic carbocycles. The van der Waals surface area contributed by atoms with Crippen molar-refractivity contribution in [3.05, 3.63) is 27.7 Å². The summed E-state index contributed by atoms with van der Waals surface area (Å²) in [4.78, 5) is 11.2. The van der Waals surface area contributed by atoms with Gasteiger partial charge in [-0.25, -0.2) is 4.79 Å². The molecule has 1 aromatic rings. The fourth-order valence-corrected chi connectivity index (χ4v) is 2.84. The van der Waals surface area contributed by atoms with Crippen LogP contribution in [0.15, 0.2) is 16.6 Å². The van der Waals surface area contributed by atoms with E-state index in [1.807, 2.05) is 19.9 Å². The maximum absolute atomic E-state index is 11.2. The van der Waals surface area contributed by atoms with Crippen molar-refractivity contribution in [2.45, 2.75) is 38.9 Å². The molecule has 1 aliphatic heterocycles. The summed E-state index contributed by atoms with van der Waals surface area (Å²) in [5.41, 5.74) is 0.982. The van der Waals surface area contributed by atoms with Crippen LogP contribution in [0.4, 0.5) is 0 Å². The highest BCUT2D eigenvalue weighted by molar-refractivity contribution is 9.10. The molecule has 0 radical (unpaired) electrons. The SMILES string of the molecule is Cc1cc(Br)cc(C(=O)O)c1OCC1CCC(C)O1. The number of carboxylic acid groups (broad SMARTS) is 1. The lowest BCUT2D eigenvalue weighted by atomic mass is 10.1. The van der Waals surface area contributed by atoms with E-state index in [-0.39, 0.29) is 17.8 Å². The molecule has 1 fully saturated rings. The van der Waals surface area contributed by atoms with Gasteiger partial charge in [-0.05, 0) is 44.4 Å². The van der Waals surface area contributed by atoms with E-state index in [2.05, 4.69) is 15.9 Å². The fraction of sp³-hybridized carbons (Fsp3) is 0.500. The molecule has 0 bridgehead atoms. The second-order valence-corrected chi connectivity index (χ2v) is 5.78. The quantitative estimate of drug-likeness (QED) is 0.920. The van der Waals surface area contributed by atoms with Crippen LogP contribution >= 0.6 is 15.9 Å². The predicted octanol–water partition coefficient (Wildman–Crippen LogP) is 3.40. The first-order chi connectivity index (χ1) is 8.97. The lowest BCUT2D eigenvalue weighted by Crippen LogP contribution is -2.19. The molecule has 5 heteroatoms. The fourth-order valence-electron chi connectivity index (χ4n) is 2.26. The second-order valence-electron chi connectivity index (χ2n) is 4.86. The standard InChI is InChI=1S/C14H17BrO4/c1-8-5-10(15)6-12(14(16)17)13(8)18-7-11-4-3-9(2)19-11/h5-6,9,11H,3-4,7H2,1-2H3,(H,16,17). The van der Waals surface area contributed by atoms with E-state index in [4.69, 9.17) is 9.47 Å². The molecule has 1 heterocycles. The molecular formula is C14H17BrO4. The summed E-state index contributed by atoms with van der Waals surface area (Å²) in [6.07, 6.45) is 2.30. The number of aryl methyl sites for hydroxylation is 1. The molecule has 4 nitrogen and oxygen atoms in total. The lowest BCUT2D eigenvalue weighted by Gasteiger charge is -2.16. The zero-order valence-electron chi connectivity index (χ0n) is 11.0. The van der Waals surface area contributed by atoms with E-state index in [9.17, 15) is 9.90 Å². The van der Waals surface area contributed by atoms with Gasteiger partial charge in [0.05, 0.1) is 12.2 Å². The largest absolute Gasteiger partial charge is 0.490 e. The number of aromatic carboxylic acids is 1. The molecule has 1 saturated heterocycles. The van der Waals surface area contributed by atoms with Crippen molar-refractivity contribution in [3.63, 3.8) is 0 Å². The molecule has 2 unspecified atom stereocenters. The van der Waals surface area contributed by atoms with Crippen LogP contribution in [-0.2, 0) is 4.74 Å². The maximum atomic E-state index is 11.2. The Kier molecular flexibility index (Phi) is 4.47. The monoisotopic (exact) mass is 328 g/mol. The van der Waals surface area contributed by atoms with Crippen molar-refractivity contribution in [2.24, 2.45) is 0 Å². The van der Waals surface area contributed by atoms with Crippen LogP contribution in [0.1, 0.15) is 35.7 Å². The van der Waals surface area contributed by atoms with Gasteiger partial charge in [-0.1, -0.05) is 15.9 Å². The van der Waals surface area contributed by atoms with Gasteiger partial charge in [-0.3, -0.25) is 0 Å². The molecule has 0 spiro atoms. The number of ether oxygens (including phenoxy) is 2. The Hall–Kier alpha value is -1.07. The van der Waals surface area contributed by atoms with Crippen LogP contribution in [0, 0.1) is 6.92 Å². The molecule has 0 amide bonds. The van der Waals surface area contributed by atoms with E-state index in [0.29, 0.717) is 12.4 Å². The number of benzene rings is 1. The summed E-state index contributed by atoms with van der Waals surface area (Å²) < 4.78 is 12.1. The first-order valence-electron chi connectivity index (χ1n) is 6.29. The minimum atomic E-state index is -0.986. The Bertz CT molecular complexity index is 487. The van der Waals surface area contributed by atoms with Gasteiger partial charge >= 0.3 is 5.97 Å². The third kappa shape index (κ3) is 3.48. The van der Waals surface area contributed by atoms with Gasteiger partial charge in [-0.15, -0.1) is 0 Å². The van der Waals surface area contributed by atoms with Crippen molar-refractivity contribution in [1.82, 2.24) is 0 Å². The third-order valence-corrected chi connectivity index (χ3v) is 3.66. The van der Waals surface area contributed by atoms with E-state index in [1.54, 1.807) is 6.07 Å². The predicted molar refractivity (Wildman–Crippen MR) is 74.9 cm³/mol. The molecule has 2 rings (SSSR count). The Morgan fingerprint density at radius 3 is 2.84 bits per heavy atom. The van der Waals surface area contributed by atoms with Crippen molar-refractivity contribution >= 4 is 21.9 Å². The molecule has 19 heavy (non-hydrogen) atoms. The Morgan fingerprint density at radius 2 is 2.26 bits per heavy atom. The van der Waals surface area contributed by atoms with E-state index in [1.165, 1.54) is 0 Å². The number of hydrogen-bond acceptors (Lipinski definition) is 3. The minimum absolute atomic E-state index is 0.0553. The van der Waals surface area contributed by atoms with E-state index >= 15 is 0 Å². The second kappa shape index (κ2) is 5.92. The van der Waals surface area contributed by atoms with Crippen LogP contribution in [0.3, 0.4) is 0 Å². The van der Waals surface area contributed by atoms with Crippen LogP contribution < -0.4 is 4.74 Å². The van der Waals surface area contributed by atoms with Crippen molar-refractivity contribution in [2.75, 3.05) is 6.61 Å². The molecular weight excluding hydrogens is 312 g/mol. The molecule has 1 N–H and O–H groups in total. The number of rotatable bonds is 4. The van der Waals surface area contributed by atoms with Crippen molar-refractivity contribution in [1.29, 1.82) is 0 Å². The van der Waals surface area contributed by atoms with Gasteiger partial charge in [-0.2, -0.15) is 0 Å². The molecule has 2 atom stereocenters. The zero-order valence-corrected chi connectivity index (χ0v) is 12.6. The Balaban J connectivity index is 2.13. The van der Waals surface area contributed by atoms with Gasteiger partial charge in [0.15, 0.2) is 0 Å². The van der Waals surface area contributed by atoms with Gasteiger partial charge in [0, 0.05) is 4.47 Å². The Morgan fingerprint density at radius 1 is 1.53 bits per heavy atom. The number of hydrogen-bond donors (Lipinski definition) is 1. The van der Waals surface area contributed by atoms with E-state index < -0.39 is 5.97 Å². The van der Waals surface area contributed by atoms with Gasteiger partial charge in [0.25, 0.3) is 0 Å². The smallest absolute Gasteiger partial charge is 0.339 e. The van der Waals surface area contributed by atoms with Crippen molar-refractivity contribution < 1.29 is 19.4 Å². The van der Waals surface area contributed by atoms with Crippen molar-refractivity contribution in [3.8, 4) is 5.75 Å². The van der Waals surface area contributed by atoms with Gasteiger partial charge in [0.1, 0.15) is 17.9 Å². The number of halogens is 1. The van der Waals surface area contributed by atoms with Gasteiger partial charge < -0.3 is 14.6 Å². The topological polar surface area (TPSA) is 55.8 Å². The van der Waals surface area contributed by atoms with Crippen LogP contribution in [0.5, 0.6) is 5.75 Å². The summed E-state index contributed by atoms with van der Waals surface area (Å²) >= 11 is 3.30. The first-order valence-corrected chi connectivity index (χ1v) is 7.08. The molecule has 104 valence electrons. The summed E-state index contributed by atoms with van der Waals surface area (Å²) in [7, 11) is 0. The summed E-state index contributed by atoms with van der Waals surface area (Å²) in [6.45, 7) is 4.27. The minimum Gasteiger partial charge on any atom is -0.490 e. The van der Waals surface area contributed by atoms with Crippen LogP contribution in [-0.4, -0.2) is 29.9 Å². The van der Waals surface area contributed by atoms with Crippen LogP contribution in [0.25, 0.3) is 0 Å². The lowest BCUT2D eigenvalue weighted by molar-refractivity contribution is 0.0257. The first kappa shape index (κ1) is 14.3. The molecule has 0 aromatic heterocycles. The highest BCUT2D eigenvalue weighted by atomic mass is 79.9. The average molecular weight is 329 g/mol. The number of carbonyl (C=O) groups is 1. The molecule has 0 saturated carbocycles. The van der Waals surface area contributed by atoms with E-state index in [0.717, 1.165) is 22.9 Å². The summed E-state index contributed by atoms with van der Waals surface area (Å²) in [5.74, 6) is -0.557. The number of carboxylic acids is 1. The summed E-state index contributed by atoms with van der Waals surface area (Å²) in [5, 5.41) is 9.22. The molecule has 0 aliphatic carbocycles. The maximum Gasteiger partial charge on any atom is 0.339 e. The highest BCUT2D eigenvalue weighted by Gasteiger charge is 2.23. The third-order valence-electron chi connectivity index (χ3n) is 3.20. The molecule has 1 aliphatic rings. The van der Waals surface area contributed by atoms with Crippen LogP contribution in [0.2, 0.25) is 0 Å². The normalized spacial score (nSPS) is 22.5. The Labute approximate surface area is 120 Å². The summed E-state index contributed by atoms with van der Waals surface area (Å²) in [6, 6.07) is 3.41. The zero-order chi connectivity index (χ0) is 14.0. The average Bonchev–Trinajstić information content (AvgIpc) is 2.73.